The molecular formula is C33H36N4O4. The Kier molecular flexibility index (Phi) is 9.16. The maximum absolute atomic E-state index is 12.7. The topological polar surface area (TPSA) is 96.8 Å². The highest BCUT2D eigenvalue weighted by Gasteiger charge is 2.38. The lowest BCUT2D eigenvalue weighted by molar-refractivity contribution is -0.275. The molecule has 0 radical (unpaired) electrons. The molecule has 0 bridgehead atoms. The first-order valence-corrected chi connectivity index (χ1v) is 13.8. The summed E-state index contributed by atoms with van der Waals surface area (Å²) in [5, 5.41) is 12.4. The summed E-state index contributed by atoms with van der Waals surface area (Å²) in [5.74, 6) is -0.173. The van der Waals surface area contributed by atoms with E-state index in [2.05, 4.69) is 40.7 Å². The first-order chi connectivity index (χ1) is 19.9. The van der Waals surface area contributed by atoms with Crippen molar-refractivity contribution in [2.24, 2.45) is 5.92 Å². The van der Waals surface area contributed by atoms with Crippen LogP contribution in [0, 0.1) is 5.92 Å². The third kappa shape index (κ3) is 6.86. The van der Waals surface area contributed by atoms with Crippen LogP contribution in [0.15, 0.2) is 91.6 Å². The minimum atomic E-state index is -0.549. The lowest BCUT2D eigenvalue weighted by atomic mass is 9.90. The number of hydrogen-bond acceptors (Lipinski definition) is 7. The van der Waals surface area contributed by atoms with Crippen LogP contribution in [-0.2, 0) is 22.6 Å². The fraction of sp³-hybridized carbons (Fsp3) is 0.303. The fourth-order valence-corrected chi connectivity index (χ4v) is 5.06. The Morgan fingerprint density at radius 1 is 1.00 bits per heavy atom. The summed E-state index contributed by atoms with van der Waals surface area (Å²) in [6, 6.07) is 23.3. The van der Waals surface area contributed by atoms with Crippen molar-refractivity contribution in [2.75, 3.05) is 20.1 Å². The third-order valence-corrected chi connectivity index (χ3v) is 7.44. The number of rotatable bonds is 10. The van der Waals surface area contributed by atoms with Gasteiger partial charge in [0.25, 0.3) is 5.91 Å². The van der Waals surface area contributed by atoms with Gasteiger partial charge in [-0.1, -0.05) is 73.7 Å². The van der Waals surface area contributed by atoms with Crippen LogP contribution in [0.2, 0.25) is 0 Å². The van der Waals surface area contributed by atoms with Crippen LogP contribution in [0.25, 0.3) is 11.0 Å². The van der Waals surface area contributed by atoms with E-state index in [1.165, 1.54) is 6.20 Å². The van der Waals surface area contributed by atoms with Crippen LogP contribution in [0.5, 0.6) is 0 Å². The number of aliphatic hydroxyl groups excluding tert-OH is 1. The number of aromatic nitrogens is 2. The highest BCUT2D eigenvalue weighted by atomic mass is 16.7. The van der Waals surface area contributed by atoms with E-state index in [1.54, 1.807) is 0 Å². The van der Waals surface area contributed by atoms with Crippen molar-refractivity contribution >= 4 is 16.9 Å². The van der Waals surface area contributed by atoms with Gasteiger partial charge in [-0.2, -0.15) is 0 Å². The van der Waals surface area contributed by atoms with Gasteiger partial charge in [0.05, 0.1) is 36.0 Å². The summed E-state index contributed by atoms with van der Waals surface area (Å²) in [5.41, 5.74) is 5.48. The SMILES string of the molecule is C=CCN(C)C[C@H]1O[C@@H](c2ccc(CNC(=O)c3cnc4ccccc4n3)cc2)O[C@@H](c2ccc(CO)cc2)[C@H]1C. The fourth-order valence-electron chi connectivity index (χ4n) is 5.06. The molecule has 212 valence electrons. The van der Waals surface area contributed by atoms with Crippen LogP contribution in [-0.4, -0.2) is 52.1 Å². The molecule has 1 aromatic heterocycles. The molecule has 5 rings (SSSR count). The first-order valence-electron chi connectivity index (χ1n) is 13.8. The summed E-state index contributed by atoms with van der Waals surface area (Å²) >= 11 is 0. The molecule has 1 aliphatic rings. The Morgan fingerprint density at radius 3 is 2.39 bits per heavy atom. The van der Waals surface area contributed by atoms with Gasteiger partial charge in [0.1, 0.15) is 5.69 Å². The number of amides is 1. The van der Waals surface area contributed by atoms with Crippen molar-refractivity contribution in [3.05, 3.63) is 120 Å². The zero-order valence-corrected chi connectivity index (χ0v) is 23.4. The Morgan fingerprint density at radius 2 is 1.68 bits per heavy atom. The van der Waals surface area contributed by atoms with E-state index >= 15 is 0 Å². The molecule has 8 nitrogen and oxygen atoms in total. The predicted molar refractivity (Wildman–Crippen MR) is 158 cm³/mol. The van der Waals surface area contributed by atoms with E-state index in [0.717, 1.165) is 40.9 Å². The van der Waals surface area contributed by atoms with E-state index in [9.17, 15) is 9.90 Å². The van der Waals surface area contributed by atoms with E-state index in [0.29, 0.717) is 12.1 Å². The summed E-state index contributed by atoms with van der Waals surface area (Å²) in [4.78, 5) is 23.6. The number of ether oxygens (including phenoxy) is 2. The molecule has 0 aliphatic carbocycles. The molecule has 41 heavy (non-hydrogen) atoms. The standard InChI is InChI=1S/C33H36N4O4/c1-4-17-37(3)20-30-22(2)31(25-13-11-24(21-38)12-14-25)41-33(40-30)26-15-9-23(10-16-26)18-35-32(39)29-19-34-27-7-5-6-8-28(27)36-29/h4-16,19,22,30-31,33,38H,1,17-18,20-21H2,2-3H3,(H,35,39)/t22-,30+,31+,33+/m0/s1. The van der Waals surface area contributed by atoms with Gasteiger partial charge < -0.3 is 24.8 Å². The molecule has 0 spiro atoms. The van der Waals surface area contributed by atoms with Gasteiger partial charge in [0.2, 0.25) is 0 Å². The minimum Gasteiger partial charge on any atom is -0.392 e. The van der Waals surface area contributed by atoms with E-state index in [-0.39, 0.29) is 36.3 Å². The van der Waals surface area contributed by atoms with E-state index in [4.69, 9.17) is 9.47 Å². The molecule has 2 heterocycles. The zero-order chi connectivity index (χ0) is 28.8. The van der Waals surface area contributed by atoms with Crippen molar-refractivity contribution < 1.29 is 19.4 Å². The van der Waals surface area contributed by atoms with Gasteiger partial charge in [-0.05, 0) is 35.9 Å². The number of carbonyl (C=O) groups is 1. The number of hydrogen-bond donors (Lipinski definition) is 2. The van der Waals surface area contributed by atoms with Gasteiger partial charge >= 0.3 is 0 Å². The Bertz CT molecular complexity index is 1480. The van der Waals surface area contributed by atoms with E-state index in [1.807, 2.05) is 78.9 Å². The highest BCUT2D eigenvalue weighted by Crippen LogP contribution is 2.41. The summed E-state index contributed by atoms with van der Waals surface area (Å²) in [7, 11) is 2.06. The van der Waals surface area contributed by atoms with Crippen molar-refractivity contribution in [3.8, 4) is 0 Å². The molecule has 1 amide bonds. The molecule has 0 unspecified atom stereocenters. The summed E-state index contributed by atoms with van der Waals surface area (Å²) in [6.07, 6.45) is 2.59. The average molecular weight is 553 g/mol. The van der Waals surface area contributed by atoms with Crippen molar-refractivity contribution in [2.45, 2.75) is 38.6 Å². The molecule has 4 aromatic rings. The van der Waals surface area contributed by atoms with Gasteiger partial charge in [0.15, 0.2) is 6.29 Å². The monoisotopic (exact) mass is 552 g/mol. The van der Waals surface area contributed by atoms with Crippen molar-refractivity contribution in [3.63, 3.8) is 0 Å². The summed E-state index contributed by atoms with van der Waals surface area (Å²) in [6.45, 7) is 7.87. The van der Waals surface area contributed by atoms with Crippen LogP contribution in [0.3, 0.4) is 0 Å². The second kappa shape index (κ2) is 13.1. The van der Waals surface area contributed by atoms with Gasteiger partial charge in [-0.25, -0.2) is 4.98 Å². The lowest BCUT2D eigenvalue weighted by Crippen LogP contribution is -2.43. The molecule has 1 fully saturated rings. The third-order valence-electron chi connectivity index (χ3n) is 7.44. The number of nitrogens with zero attached hydrogens (tertiary/aromatic N) is 3. The smallest absolute Gasteiger partial charge is 0.271 e. The van der Waals surface area contributed by atoms with Gasteiger partial charge in [0, 0.05) is 31.1 Å². The maximum atomic E-state index is 12.7. The molecular weight excluding hydrogens is 516 g/mol. The van der Waals surface area contributed by atoms with Crippen LogP contribution < -0.4 is 5.32 Å². The van der Waals surface area contributed by atoms with Crippen LogP contribution >= 0.6 is 0 Å². The Labute approximate surface area is 240 Å². The molecule has 0 saturated carbocycles. The number of likely N-dealkylation sites (N-methyl/N-ethyl adjacent to an activating group) is 1. The maximum Gasteiger partial charge on any atom is 0.271 e. The Balaban J connectivity index is 1.28. The molecule has 2 N–H and O–H groups in total. The average Bonchev–Trinajstić information content (AvgIpc) is 3.01. The first kappa shape index (κ1) is 28.6. The lowest BCUT2D eigenvalue weighted by Gasteiger charge is -2.42. The van der Waals surface area contributed by atoms with Crippen molar-refractivity contribution in [1.82, 2.24) is 20.2 Å². The minimum absolute atomic E-state index is 0.00449. The number of nitrogens with one attached hydrogen (secondary N) is 1. The largest absolute Gasteiger partial charge is 0.392 e. The van der Waals surface area contributed by atoms with Crippen molar-refractivity contribution in [1.29, 1.82) is 0 Å². The summed E-state index contributed by atoms with van der Waals surface area (Å²) < 4.78 is 13.0. The predicted octanol–water partition coefficient (Wildman–Crippen LogP) is 4.96. The van der Waals surface area contributed by atoms with E-state index < -0.39 is 6.29 Å². The van der Waals surface area contributed by atoms with Crippen LogP contribution in [0.1, 0.15) is 52.1 Å². The zero-order valence-electron chi connectivity index (χ0n) is 23.4. The number of benzene rings is 3. The second-order valence-corrected chi connectivity index (χ2v) is 10.5. The molecule has 1 aliphatic heterocycles. The normalized spacial score (nSPS) is 20.7. The number of aliphatic hydroxyl groups is 1. The number of fused-ring (bicyclic) bond motifs is 1. The molecule has 4 atom stereocenters. The number of carbonyl (C=O) groups excluding carboxylic acids is 1. The second-order valence-electron chi connectivity index (χ2n) is 10.5. The Hall–Kier alpha value is -3.95. The number of para-hydroxylation sites is 2. The van der Waals surface area contributed by atoms with Gasteiger partial charge in [-0.15, -0.1) is 6.58 Å². The highest BCUT2D eigenvalue weighted by molar-refractivity contribution is 5.93. The quantitative estimate of drug-likeness (QED) is 0.269. The molecule has 3 aromatic carbocycles. The molecule has 8 heteroatoms. The molecule has 1 saturated heterocycles. The van der Waals surface area contributed by atoms with Crippen LogP contribution in [0.4, 0.5) is 0 Å². The van der Waals surface area contributed by atoms with Gasteiger partial charge in [-0.3, -0.25) is 9.78 Å².